The molecule has 1 aromatic heterocycles. The van der Waals surface area contributed by atoms with Crippen LogP contribution in [0.5, 0.6) is 0 Å². The quantitative estimate of drug-likeness (QED) is 0.842. The van der Waals surface area contributed by atoms with Crippen LogP contribution >= 0.6 is 0 Å². The highest BCUT2D eigenvalue weighted by molar-refractivity contribution is 5.21. The SMILES string of the molecule is CNC(c1ncccc1C)C1CCCCC1. The Morgan fingerprint density at radius 3 is 2.69 bits per heavy atom. The van der Waals surface area contributed by atoms with E-state index in [9.17, 15) is 0 Å². The predicted octanol–water partition coefficient (Wildman–Crippen LogP) is 3.23. The highest BCUT2D eigenvalue weighted by Gasteiger charge is 2.25. The van der Waals surface area contributed by atoms with Gasteiger partial charge in [-0.05, 0) is 44.4 Å². The number of rotatable bonds is 3. The lowest BCUT2D eigenvalue weighted by atomic mass is 9.82. The fourth-order valence-corrected chi connectivity index (χ4v) is 2.89. The first-order valence-corrected chi connectivity index (χ1v) is 6.41. The minimum atomic E-state index is 0.446. The zero-order chi connectivity index (χ0) is 11.4. The van der Waals surface area contributed by atoms with Crippen LogP contribution < -0.4 is 5.32 Å². The summed E-state index contributed by atoms with van der Waals surface area (Å²) in [6.07, 6.45) is 8.79. The van der Waals surface area contributed by atoms with Crippen LogP contribution in [0.4, 0.5) is 0 Å². The molecule has 2 heteroatoms. The lowest BCUT2D eigenvalue weighted by Crippen LogP contribution is -2.28. The van der Waals surface area contributed by atoms with Gasteiger partial charge in [-0.2, -0.15) is 0 Å². The maximum atomic E-state index is 4.56. The van der Waals surface area contributed by atoms with E-state index in [1.165, 1.54) is 43.4 Å². The molecule has 2 nitrogen and oxygen atoms in total. The lowest BCUT2D eigenvalue weighted by Gasteiger charge is -2.30. The van der Waals surface area contributed by atoms with Crippen LogP contribution in [0.15, 0.2) is 18.3 Å². The van der Waals surface area contributed by atoms with Gasteiger partial charge in [-0.1, -0.05) is 25.3 Å². The van der Waals surface area contributed by atoms with Crippen LogP contribution in [0, 0.1) is 12.8 Å². The first kappa shape index (κ1) is 11.6. The Balaban J connectivity index is 2.18. The molecular formula is C14H22N2. The molecule has 0 bridgehead atoms. The highest BCUT2D eigenvalue weighted by Crippen LogP contribution is 2.34. The molecule has 1 aliphatic carbocycles. The summed E-state index contributed by atoms with van der Waals surface area (Å²) >= 11 is 0. The number of nitrogens with zero attached hydrogens (tertiary/aromatic N) is 1. The molecule has 0 aliphatic heterocycles. The van der Waals surface area contributed by atoms with E-state index in [1.807, 2.05) is 12.3 Å². The first-order chi connectivity index (χ1) is 7.83. The van der Waals surface area contributed by atoms with Crippen molar-refractivity contribution in [2.45, 2.75) is 45.1 Å². The molecule has 1 fully saturated rings. The third kappa shape index (κ3) is 2.43. The lowest BCUT2D eigenvalue weighted by molar-refractivity contribution is 0.277. The maximum Gasteiger partial charge on any atom is 0.0604 e. The van der Waals surface area contributed by atoms with Gasteiger partial charge in [0.15, 0.2) is 0 Å². The summed E-state index contributed by atoms with van der Waals surface area (Å²) < 4.78 is 0. The van der Waals surface area contributed by atoms with Crippen molar-refractivity contribution in [1.82, 2.24) is 10.3 Å². The molecule has 88 valence electrons. The van der Waals surface area contributed by atoms with Gasteiger partial charge in [-0.25, -0.2) is 0 Å². The van der Waals surface area contributed by atoms with Crippen molar-refractivity contribution < 1.29 is 0 Å². The van der Waals surface area contributed by atoms with Gasteiger partial charge in [0, 0.05) is 6.20 Å². The molecule has 0 spiro atoms. The average Bonchev–Trinajstić information content (AvgIpc) is 2.34. The van der Waals surface area contributed by atoms with Crippen molar-refractivity contribution >= 4 is 0 Å². The van der Waals surface area contributed by atoms with Gasteiger partial charge >= 0.3 is 0 Å². The van der Waals surface area contributed by atoms with E-state index in [0.717, 1.165) is 5.92 Å². The Morgan fingerprint density at radius 2 is 2.06 bits per heavy atom. The van der Waals surface area contributed by atoms with Crippen molar-refractivity contribution in [2.75, 3.05) is 7.05 Å². The molecule has 1 aromatic rings. The van der Waals surface area contributed by atoms with E-state index in [4.69, 9.17) is 0 Å². The third-order valence-electron chi connectivity index (χ3n) is 3.78. The maximum absolute atomic E-state index is 4.56. The van der Waals surface area contributed by atoms with Crippen molar-refractivity contribution in [3.63, 3.8) is 0 Å². The monoisotopic (exact) mass is 218 g/mol. The molecule has 0 saturated heterocycles. The summed E-state index contributed by atoms with van der Waals surface area (Å²) in [7, 11) is 2.06. The molecule has 1 aliphatic rings. The van der Waals surface area contributed by atoms with E-state index in [-0.39, 0.29) is 0 Å². The zero-order valence-electron chi connectivity index (χ0n) is 10.4. The second-order valence-corrected chi connectivity index (χ2v) is 4.87. The second-order valence-electron chi connectivity index (χ2n) is 4.87. The van der Waals surface area contributed by atoms with Crippen molar-refractivity contribution in [3.8, 4) is 0 Å². The fourth-order valence-electron chi connectivity index (χ4n) is 2.89. The number of aromatic nitrogens is 1. The number of pyridine rings is 1. The van der Waals surface area contributed by atoms with Crippen LogP contribution in [-0.4, -0.2) is 12.0 Å². The van der Waals surface area contributed by atoms with Crippen molar-refractivity contribution in [3.05, 3.63) is 29.6 Å². The molecule has 2 rings (SSSR count). The normalized spacial score (nSPS) is 19.6. The van der Waals surface area contributed by atoms with E-state index in [1.54, 1.807) is 0 Å². The number of hydrogen-bond donors (Lipinski definition) is 1. The number of aryl methyl sites for hydroxylation is 1. The van der Waals surface area contributed by atoms with E-state index in [0.29, 0.717) is 6.04 Å². The van der Waals surface area contributed by atoms with Gasteiger partial charge in [0.2, 0.25) is 0 Å². The summed E-state index contributed by atoms with van der Waals surface area (Å²) in [5.41, 5.74) is 2.56. The molecule has 16 heavy (non-hydrogen) atoms. The summed E-state index contributed by atoms with van der Waals surface area (Å²) in [6, 6.07) is 4.63. The smallest absolute Gasteiger partial charge is 0.0604 e. The Morgan fingerprint density at radius 1 is 1.31 bits per heavy atom. The van der Waals surface area contributed by atoms with Gasteiger partial charge < -0.3 is 5.32 Å². The fraction of sp³-hybridized carbons (Fsp3) is 0.643. The largest absolute Gasteiger partial charge is 0.311 e. The molecule has 1 saturated carbocycles. The summed E-state index contributed by atoms with van der Waals surface area (Å²) in [5.74, 6) is 0.771. The van der Waals surface area contributed by atoms with Crippen molar-refractivity contribution in [2.24, 2.45) is 5.92 Å². The van der Waals surface area contributed by atoms with Gasteiger partial charge in [0.1, 0.15) is 0 Å². The third-order valence-corrected chi connectivity index (χ3v) is 3.78. The van der Waals surface area contributed by atoms with Crippen LogP contribution in [0.2, 0.25) is 0 Å². The van der Waals surface area contributed by atoms with Crippen LogP contribution in [0.25, 0.3) is 0 Å². The molecule has 1 N–H and O–H groups in total. The van der Waals surface area contributed by atoms with Crippen LogP contribution in [0.3, 0.4) is 0 Å². The zero-order valence-corrected chi connectivity index (χ0v) is 10.4. The summed E-state index contributed by atoms with van der Waals surface area (Å²) in [6.45, 7) is 2.16. The molecule has 0 amide bonds. The number of nitrogens with one attached hydrogen (secondary N) is 1. The van der Waals surface area contributed by atoms with Gasteiger partial charge in [0.25, 0.3) is 0 Å². The topological polar surface area (TPSA) is 24.9 Å². The standard InChI is InChI=1S/C14H22N2/c1-11-7-6-10-16-13(11)14(15-2)12-8-4-3-5-9-12/h6-7,10,12,14-15H,3-5,8-9H2,1-2H3. The average molecular weight is 218 g/mol. The van der Waals surface area contributed by atoms with E-state index in [2.05, 4.69) is 30.3 Å². The van der Waals surface area contributed by atoms with Gasteiger partial charge in [-0.15, -0.1) is 0 Å². The minimum absolute atomic E-state index is 0.446. The van der Waals surface area contributed by atoms with Gasteiger partial charge in [-0.3, -0.25) is 4.98 Å². The molecule has 1 heterocycles. The summed E-state index contributed by atoms with van der Waals surface area (Å²) in [4.78, 5) is 4.56. The molecule has 1 atom stereocenters. The second kappa shape index (κ2) is 5.44. The molecular weight excluding hydrogens is 196 g/mol. The number of hydrogen-bond acceptors (Lipinski definition) is 2. The molecule has 0 aromatic carbocycles. The Labute approximate surface area is 98.5 Å². The Bertz CT molecular complexity index is 329. The minimum Gasteiger partial charge on any atom is -0.311 e. The first-order valence-electron chi connectivity index (χ1n) is 6.41. The van der Waals surface area contributed by atoms with E-state index < -0.39 is 0 Å². The Kier molecular flexibility index (Phi) is 3.94. The van der Waals surface area contributed by atoms with Crippen LogP contribution in [0.1, 0.15) is 49.4 Å². The Hall–Kier alpha value is -0.890. The van der Waals surface area contributed by atoms with Gasteiger partial charge in [0.05, 0.1) is 11.7 Å². The van der Waals surface area contributed by atoms with E-state index >= 15 is 0 Å². The highest BCUT2D eigenvalue weighted by atomic mass is 14.9. The molecule has 1 unspecified atom stereocenters. The van der Waals surface area contributed by atoms with Crippen molar-refractivity contribution in [1.29, 1.82) is 0 Å². The summed E-state index contributed by atoms with van der Waals surface area (Å²) in [5, 5.41) is 3.47. The predicted molar refractivity (Wildman–Crippen MR) is 67.3 cm³/mol. The molecule has 0 radical (unpaired) electrons. The van der Waals surface area contributed by atoms with Crippen LogP contribution in [-0.2, 0) is 0 Å².